The first-order valence-electron chi connectivity index (χ1n) is 2.97. The molecule has 0 aromatic carbocycles. The highest BCUT2D eigenvalue weighted by Gasteiger charge is 2.04. The fourth-order valence-corrected chi connectivity index (χ4v) is 1.66. The fraction of sp³-hybridized carbons (Fsp3) is 0.333. The molecule has 5 heteroatoms. The van der Waals surface area contributed by atoms with Crippen molar-refractivity contribution in [3.63, 3.8) is 0 Å². The second-order valence-electron chi connectivity index (χ2n) is 2.06. The van der Waals surface area contributed by atoms with E-state index < -0.39 is 6.10 Å². The van der Waals surface area contributed by atoms with Crippen LogP contribution in [-0.2, 0) is 0 Å². The summed E-state index contributed by atoms with van der Waals surface area (Å²) in [4.78, 5) is 7.89. The van der Waals surface area contributed by atoms with E-state index in [2.05, 4.69) is 41.8 Å². The number of rotatable bonds is 1. The maximum absolute atomic E-state index is 9.14. The Bertz CT molecular complexity index is 245. The van der Waals surface area contributed by atoms with Crippen molar-refractivity contribution >= 4 is 31.9 Å². The zero-order valence-corrected chi connectivity index (χ0v) is 8.92. The third-order valence-corrected chi connectivity index (χ3v) is 1.88. The molecule has 11 heavy (non-hydrogen) atoms. The Balaban J connectivity index is 3.08. The van der Waals surface area contributed by atoms with Gasteiger partial charge in [-0.2, -0.15) is 0 Å². The molecular weight excluding hydrogens is 276 g/mol. The lowest BCUT2D eigenvalue weighted by molar-refractivity contribution is 0.194. The van der Waals surface area contributed by atoms with Crippen LogP contribution in [0.25, 0.3) is 0 Å². The highest BCUT2D eigenvalue weighted by Crippen LogP contribution is 2.16. The summed E-state index contributed by atoms with van der Waals surface area (Å²) >= 11 is 6.31. The second kappa shape index (κ2) is 3.60. The molecule has 1 rings (SSSR count). The minimum Gasteiger partial charge on any atom is -0.387 e. The summed E-state index contributed by atoms with van der Waals surface area (Å²) < 4.78 is 1.14. The minimum absolute atomic E-state index is 0.475. The van der Waals surface area contributed by atoms with Gasteiger partial charge < -0.3 is 5.11 Å². The molecule has 0 saturated heterocycles. The van der Waals surface area contributed by atoms with Crippen molar-refractivity contribution in [1.29, 1.82) is 0 Å². The lowest BCUT2D eigenvalue weighted by Gasteiger charge is -2.03. The molecule has 1 N–H and O–H groups in total. The SMILES string of the molecule is CC(O)c1cc(Br)nc(Br)n1. The van der Waals surface area contributed by atoms with Crippen LogP contribution < -0.4 is 0 Å². The molecule has 0 saturated carbocycles. The summed E-state index contributed by atoms with van der Waals surface area (Å²) in [5.74, 6) is 0. The number of aliphatic hydroxyl groups is 1. The largest absolute Gasteiger partial charge is 0.387 e. The molecule has 1 aromatic heterocycles. The quantitative estimate of drug-likeness (QED) is 0.633. The molecule has 0 fully saturated rings. The van der Waals surface area contributed by atoms with E-state index in [0.717, 1.165) is 0 Å². The lowest BCUT2D eigenvalue weighted by Crippen LogP contribution is -1.97. The van der Waals surface area contributed by atoms with E-state index in [4.69, 9.17) is 5.11 Å². The normalized spacial score (nSPS) is 13.1. The topological polar surface area (TPSA) is 46.0 Å². The van der Waals surface area contributed by atoms with Crippen molar-refractivity contribution in [3.8, 4) is 0 Å². The van der Waals surface area contributed by atoms with E-state index in [9.17, 15) is 0 Å². The van der Waals surface area contributed by atoms with Crippen molar-refractivity contribution in [1.82, 2.24) is 9.97 Å². The third-order valence-electron chi connectivity index (χ3n) is 1.12. The van der Waals surface area contributed by atoms with Crippen LogP contribution >= 0.6 is 31.9 Å². The van der Waals surface area contributed by atoms with Gasteiger partial charge in [-0.1, -0.05) is 0 Å². The van der Waals surface area contributed by atoms with Gasteiger partial charge in [0.15, 0.2) is 4.73 Å². The van der Waals surface area contributed by atoms with Gasteiger partial charge in [-0.25, -0.2) is 9.97 Å². The minimum atomic E-state index is -0.564. The molecule has 0 aliphatic carbocycles. The van der Waals surface area contributed by atoms with Gasteiger partial charge in [0.25, 0.3) is 0 Å². The molecule has 0 amide bonds. The molecule has 3 nitrogen and oxygen atoms in total. The van der Waals surface area contributed by atoms with Crippen LogP contribution in [0.15, 0.2) is 15.4 Å². The molecule has 60 valence electrons. The van der Waals surface area contributed by atoms with Gasteiger partial charge in [0, 0.05) is 0 Å². The number of aromatic nitrogens is 2. The van der Waals surface area contributed by atoms with Crippen LogP contribution in [0.1, 0.15) is 18.7 Å². The first-order chi connectivity index (χ1) is 5.09. The van der Waals surface area contributed by atoms with E-state index in [1.54, 1.807) is 13.0 Å². The lowest BCUT2D eigenvalue weighted by atomic mass is 10.3. The molecule has 1 atom stereocenters. The molecule has 1 aromatic rings. The Morgan fingerprint density at radius 3 is 2.55 bits per heavy atom. The van der Waals surface area contributed by atoms with Crippen LogP contribution in [0.3, 0.4) is 0 Å². The predicted octanol–water partition coefficient (Wildman–Crippen LogP) is 2.05. The number of hydrogen-bond acceptors (Lipinski definition) is 3. The first kappa shape index (κ1) is 9.09. The number of aliphatic hydroxyl groups excluding tert-OH is 1. The highest BCUT2D eigenvalue weighted by molar-refractivity contribution is 9.11. The molecule has 0 bridgehead atoms. The van der Waals surface area contributed by atoms with Crippen molar-refractivity contribution in [2.45, 2.75) is 13.0 Å². The van der Waals surface area contributed by atoms with Crippen molar-refractivity contribution < 1.29 is 5.11 Å². The van der Waals surface area contributed by atoms with Gasteiger partial charge in [-0.3, -0.25) is 0 Å². The standard InChI is InChI=1S/C6H6Br2N2O/c1-3(11)4-2-5(7)10-6(8)9-4/h2-3,11H,1H3. The molecular formula is C6H6Br2N2O. The van der Waals surface area contributed by atoms with E-state index >= 15 is 0 Å². The summed E-state index contributed by atoms with van der Waals surface area (Å²) in [6.07, 6.45) is -0.564. The van der Waals surface area contributed by atoms with Crippen LogP contribution in [0.2, 0.25) is 0 Å². The number of nitrogens with zero attached hydrogens (tertiary/aromatic N) is 2. The third kappa shape index (κ3) is 2.50. The van der Waals surface area contributed by atoms with Gasteiger partial charge in [0.2, 0.25) is 0 Å². The summed E-state index contributed by atoms with van der Waals surface area (Å²) in [7, 11) is 0. The molecule has 1 unspecified atom stereocenters. The van der Waals surface area contributed by atoms with E-state index in [1.165, 1.54) is 0 Å². The zero-order valence-electron chi connectivity index (χ0n) is 5.75. The van der Waals surface area contributed by atoms with Gasteiger partial charge in [0.05, 0.1) is 11.8 Å². The number of halogens is 2. The summed E-state index contributed by atoms with van der Waals surface area (Å²) in [6, 6.07) is 1.68. The molecule has 0 radical (unpaired) electrons. The van der Waals surface area contributed by atoms with Gasteiger partial charge in [0.1, 0.15) is 4.60 Å². The number of hydrogen-bond donors (Lipinski definition) is 1. The Kier molecular flexibility index (Phi) is 2.98. The second-order valence-corrected chi connectivity index (χ2v) is 3.58. The first-order valence-corrected chi connectivity index (χ1v) is 4.56. The summed E-state index contributed by atoms with van der Waals surface area (Å²) in [5.41, 5.74) is 0.596. The van der Waals surface area contributed by atoms with Crippen molar-refractivity contribution in [3.05, 3.63) is 21.1 Å². The fourth-order valence-electron chi connectivity index (χ4n) is 0.620. The smallest absolute Gasteiger partial charge is 0.197 e. The Morgan fingerprint density at radius 1 is 1.45 bits per heavy atom. The predicted molar refractivity (Wildman–Crippen MR) is 48.1 cm³/mol. The molecule has 1 heterocycles. The van der Waals surface area contributed by atoms with Crippen LogP contribution in [0.4, 0.5) is 0 Å². The molecule has 0 spiro atoms. The van der Waals surface area contributed by atoms with Crippen LogP contribution in [0.5, 0.6) is 0 Å². The highest BCUT2D eigenvalue weighted by atomic mass is 79.9. The van der Waals surface area contributed by atoms with Crippen LogP contribution in [0, 0.1) is 0 Å². The van der Waals surface area contributed by atoms with Gasteiger partial charge >= 0.3 is 0 Å². The maximum Gasteiger partial charge on any atom is 0.197 e. The van der Waals surface area contributed by atoms with Crippen molar-refractivity contribution in [2.24, 2.45) is 0 Å². The van der Waals surface area contributed by atoms with Crippen LogP contribution in [-0.4, -0.2) is 15.1 Å². The average molecular weight is 282 g/mol. The van der Waals surface area contributed by atoms with E-state index in [0.29, 0.717) is 15.0 Å². The summed E-state index contributed by atoms with van der Waals surface area (Å²) in [6.45, 7) is 1.65. The van der Waals surface area contributed by atoms with E-state index in [-0.39, 0.29) is 0 Å². The molecule has 0 aliphatic heterocycles. The Morgan fingerprint density at radius 2 is 2.09 bits per heavy atom. The molecule has 0 aliphatic rings. The van der Waals surface area contributed by atoms with Gasteiger partial charge in [-0.05, 0) is 44.8 Å². The monoisotopic (exact) mass is 280 g/mol. The average Bonchev–Trinajstić information content (AvgIpc) is 1.85. The zero-order chi connectivity index (χ0) is 8.43. The van der Waals surface area contributed by atoms with Gasteiger partial charge in [-0.15, -0.1) is 0 Å². The van der Waals surface area contributed by atoms with Crippen molar-refractivity contribution in [2.75, 3.05) is 0 Å². The maximum atomic E-state index is 9.14. The Labute approximate surface area is 81.1 Å². The van der Waals surface area contributed by atoms with E-state index in [1.807, 2.05) is 0 Å². The Hall–Kier alpha value is -0.000000000000000111. The summed E-state index contributed by atoms with van der Waals surface area (Å²) in [5, 5.41) is 9.14.